The molecule has 1 atom stereocenters. The largest absolute Gasteiger partial charge is 0.423 e. The summed E-state index contributed by atoms with van der Waals surface area (Å²) in [6.45, 7) is 2.00. The first-order valence-electron chi connectivity index (χ1n) is 6.12. The summed E-state index contributed by atoms with van der Waals surface area (Å²) in [5, 5.41) is 0.996. The van der Waals surface area contributed by atoms with Crippen LogP contribution in [0.2, 0.25) is 0 Å². The average molecular weight is 342 g/mol. The van der Waals surface area contributed by atoms with E-state index in [0.29, 0.717) is 5.58 Å². The molecule has 0 saturated carbocycles. The van der Waals surface area contributed by atoms with Crippen LogP contribution in [0, 0.1) is 0 Å². The molecule has 19 heavy (non-hydrogen) atoms. The first-order chi connectivity index (χ1) is 9.06. The van der Waals surface area contributed by atoms with Crippen LogP contribution in [0.3, 0.4) is 0 Å². The van der Waals surface area contributed by atoms with Crippen molar-refractivity contribution in [3.63, 3.8) is 0 Å². The van der Waals surface area contributed by atoms with Crippen molar-refractivity contribution in [2.45, 2.75) is 25.1 Å². The van der Waals surface area contributed by atoms with Crippen molar-refractivity contribution in [2.24, 2.45) is 5.73 Å². The lowest BCUT2D eigenvalue weighted by Crippen LogP contribution is -2.15. The standard InChI is InChI=1S/C14H16BrNO2S/c1-9(16)4-5-19-8-10-6-14(17)18-13-7-11(15)2-3-12(10)13/h2-3,6-7,9H,4-5,8,16H2,1H3. The van der Waals surface area contributed by atoms with Gasteiger partial charge in [-0.25, -0.2) is 4.79 Å². The fraction of sp³-hybridized carbons (Fsp3) is 0.357. The minimum absolute atomic E-state index is 0.223. The van der Waals surface area contributed by atoms with Gasteiger partial charge in [-0.2, -0.15) is 11.8 Å². The quantitative estimate of drug-likeness (QED) is 0.667. The van der Waals surface area contributed by atoms with Crippen molar-refractivity contribution >= 4 is 38.7 Å². The van der Waals surface area contributed by atoms with E-state index in [1.54, 1.807) is 17.8 Å². The van der Waals surface area contributed by atoms with Gasteiger partial charge in [0.2, 0.25) is 0 Å². The molecule has 1 aromatic carbocycles. The summed E-state index contributed by atoms with van der Waals surface area (Å²) in [6.07, 6.45) is 0.982. The monoisotopic (exact) mass is 341 g/mol. The first kappa shape index (κ1) is 14.6. The van der Waals surface area contributed by atoms with E-state index in [-0.39, 0.29) is 11.7 Å². The highest BCUT2D eigenvalue weighted by Gasteiger charge is 2.06. The molecule has 5 heteroatoms. The van der Waals surface area contributed by atoms with E-state index in [1.807, 2.05) is 25.1 Å². The normalized spacial score (nSPS) is 12.8. The van der Waals surface area contributed by atoms with Crippen LogP contribution >= 0.6 is 27.7 Å². The second kappa shape index (κ2) is 6.59. The minimum Gasteiger partial charge on any atom is -0.423 e. The SMILES string of the molecule is CC(N)CCSCc1cc(=O)oc2cc(Br)ccc12. The maximum atomic E-state index is 11.5. The third kappa shape index (κ3) is 4.09. The predicted octanol–water partition coefficient (Wildman–Crippen LogP) is 3.53. The fourth-order valence-corrected chi connectivity index (χ4v) is 3.26. The van der Waals surface area contributed by atoms with Gasteiger partial charge in [0.25, 0.3) is 0 Å². The van der Waals surface area contributed by atoms with Crippen molar-refractivity contribution in [1.82, 2.24) is 0 Å². The third-order valence-electron chi connectivity index (χ3n) is 2.77. The Morgan fingerprint density at radius 3 is 2.95 bits per heavy atom. The molecule has 1 heterocycles. The number of hydrogen-bond donors (Lipinski definition) is 1. The third-order valence-corrected chi connectivity index (χ3v) is 4.30. The van der Waals surface area contributed by atoms with Gasteiger partial charge in [-0.1, -0.05) is 15.9 Å². The average Bonchev–Trinajstić information content (AvgIpc) is 2.33. The van der Waals surface area contributed by atoms with Gasteiger partial charge in [0.1, 0.15) is 5.58 Å². The van der Waals surface area contributed by atoms with Crippen LogP contribution in [-0.2, 0) is 5.75 Å². The summed E-state index contributed by atoms with van der Waals surface area (Å²) in [5.74, 6) is 1.80. The zero-order chi connectivity index (χ0) is 13.8. The smallest absolute Gasteiger partial charge is 0.336 e. The first-order valence-corrected chi connectivity index (χ1v) is 8.06. The topological polar surface area (TPSA) is 56.2 Å². The van der Waals surface area contributed by atoms with Crippen LogP contribution in [0.4, 0.5) is 0 Å². The Kier molecular flexibility index (Phi) is 5.07. The molecule has 0 amide bonds. The number of hydrogen-bond acceptors (Lipinski definition) is 4. The second-order valence-corrected chi connectivity index (χ2v) is 6.57. The van der Waals surface area contributed by atoms with Crippen LogP contribution in [0.5, 0.6) is 0 Å². The highest BCUT2D eigenvalue weighted by Crippen LogP contribution is 2.24. The molecule has 1 unspecified atom stereocenters. The van der Waals surface area contributed by atoms with Gasteiger partial charge >= 0.3 is 5.63 Å². The Labute approximate surface area is 124 Å². The van der Waals surface area contributed by atoms with Gasteiger partial charge in [-0.05, 0) is 42.9 Å². The molecular formula is C14H16BrNO2S. The van der Waals surface area contributed by atoms with Crippen LogP contribution in [0.25, 0.3) is 11.0 Å². The molecule has 2 aromatic rings. The number of rotatable bonds is 5. The molecule has 0 aliphatic carbocycles. The van der Waals surface area contributed by atoms with E-state index in [0.717, 1.165) is 33.3 Å². The van der Waals surface area contributed by atoms with Crippen LogP contribution in [-0.4, -0.2) is 11.8 Å². The number of fused-ring (bicyclic) bond motifs is 1. The lowest BCUT2D eigenvalue weighted by molar-refractivity contribution is 0.559. The molecule has 3 nitrogen and oxygen atoms in total. The summed E-state index contributed by atoms with van der Waals surface area (Å²) in [5.41, 5.74) is 7.07. The van der Waals surface area contributed by atoms with Gasteiger partial charge in [0.05, 0.1) is 0 Å². The number of benzene rings is 1. The van der Waals surface area contributed by atoms with Crippen molar-refractivity contribution in [1.29, 1.82) is 0 Å². The summed E-state index contributed by atoms with van der Waals surface area (Å²) in [6, 6.07) is 7.56. The maximum Gasteiger partial charge on any atom is 0.336 e. The van der Waals surface area contributed by atoms with E-state index in [9.17, 15) is 4.79 Å². The van der Waals surface area contributed by atoms with Gasteiger partial charge in [0, 0.05) is 27.7 Å². The Morgan fingerprint density at radius 1 is 1.42 bits per heavy atom. The molecule has 1 aromatic heterocycles. The predicted molar refractivity (Wildman–Crippen MR) is 84.6 cm³/mol. The fourth-order valence-electron chi connectivity index (χ4n) is 1.77. The van der Waals surface area contributed by atoms with Crippen LogP contribution in [0.1, 0.15) is 18.9 Å². The van der Waals surface area contributed by atoms with Crippen LogP contribution in [0.15, 0.2) is 37.9 Å². The molecule has 0 fully saturated rings. The summed E-state index contributed by atoms with van der Waals surface area (Å²) >= 11 is 5.17. The molecule has 0 aliphatic rings. The zero-order valence-corrected chi connectivity index (χ0v) is 13.1. The number of thioether (sulfide) groups is 1. The summed E-state index contributed by atoms with van der Waals surface area (Å²) in [7, 11) is 0. The molecule has 2 N–H and O–H groups in total. The Hall–Kier alpha value is -0.780. The molecule has 0 aliphatic heterocycles. The van der Waals surface area contributed by atoms with Crippen molar-refractivity contribution < 1.29 is 4.42 Å². The van der Waals surface area contributed by atoms with Gasteiger partial charge < -0.3 is 10.2 Å². The zero-order valence-electron chi connectivity index (χ0n) is 10.7. The van der Waals surface area contributed by atoms with Gasteiger partial charge in [-0.15, -0.1) is 0 Å². The van der Waals surface area contributed by atoms with E-state index in [4.69, 9.17) is 10.2 Å². The highest BCUT2D eigenvalue weighted by molar-refractivity contribution is 9.10. The van der Waals surface area contributed by atoms with Gasteiger partial charge in [-0.3, -0.25) is 0 Å². The maximum absolute atomic E-state index is 11.5. The van der Waals surface area contributed by atoms with Crippen molar-refractivity contribution in [2.75, 3.05) is 5.75 Å². The second-order valence-electron chi connectivity index (χ2n) is 4.55. The molecule has 0 saturated heterocycles. The van der Waals surface area contributed by atoms with E-state index >= 15 is 0 Å². The molecule has 2 rings (SSSR count). The Balaban J connectivity index is 2.20. The highest BCUT2D eigenvalue weighted by atomic mass is 79.9. The Morgan fingerprint density at radius 2 is 2.21 bits per heavy atom. The summed E-state index contributed by atoms with van der Waals surface area (Å²) < 4.78 is 6.12. The minimum atomic E-state index is -0.298. The van der Waals surface area contributed by atoms with Crippen LogP contribution < -0.4 is 11.4 Å². The molecule has 102 valence electrons. The lowest BCUT2D eigenvalue weighted by atomic mass is 10.1. The molecule has 0 bridgehead atoms. The number of nitrogens with two attached hydrogens (primary N) is 1. The van der Waals surface area contributed by atoms with E-state index in [1.165, 1.54) is 0 Å². The van der Waals surface area contributed by atoms with E-state index in [2.05, 4.69) is 15.9 Å². The van der Waals surface area contributed by atoms with Crippen molar-refractivity contribution in [3.8, 4) is 0 Å². The lowest BCUT2D eigenvalue weighted by Gasteiger charge is -2.07. The summed E-state index contributed by atoms with van der Waals surface area (Å²) in [4.78, 5) is 11.5. The molecule has 0 radical (unpaired) electrons. The van der Waals surface area contributed by atoms with Gasteiger partial charge in [0.15, 0.2) is 0 Å². The molecule has 0 spiro atoms. The Bertz CT molecular complexity index is 624. The van der Waals surface area contributed by atoms with Crippen molar-refractivity contribution in [3.05, 3.63) is 44.7 Å². The van der Waals surface area contributed by atoms with E-state index < -0.39 is 0 Å². The number of halogens is 1. The molecular weight excluding hydrogens is 326 g/mol.